The molecule has 1 N–H and O–H groups in total. The highest BCUT2D eigenvalue weighted by molar-refractivity contribution is 5.92. The van der Waals surface area contributed by atoms with Crippen molar-refractivity contribution in [3.05, 3.63) is 36.0 Å². The molecule has 2 aromatic rings. The molecule has 130 valence electrons. The summed E-state index contributed by atoms with van der Waals surface area (Å²) in [6, 6.07) is 9.88. The Morgan fingerprint density at radius 3 is 2.50 bits per heavy atom. The third-order valence-corrected chi connectivity index (χ3v) is 4.34. The van der Waals surface area contributed by atoms with E-state index in [1.807, 2.05) is 37.3 Å². The molecule has 0 saturated carbocycles. The molecular weight excluding hydrogens is 319 g/mol. The Balaban J connectivity index is 1.71. The van der Waals surface area contributed by atoms with Crippen LogP contribution < -0.4 is 4.90 Å². The van der Waals surface area contributed by atoms with Crippen molar-refractivity contribution < 1.29 is 18.3 Å². The largest absolute Gasteiger partial charge is 0.415 e. The van der Waals surface area contributed by atoms with E-state index in [2.05, 4.69) is 9.88 Å². The van der Waals surface area contributed by atoms with Crippen LogP contribution in [0.5, 0.6) is 0 Å². The lowest BCUT2D eigenvalue weighted by atomic mass is 10.1. The Hall–Kier alpha value is -1.86. The van der Waals surface area contributed by atoms with Crippen molar-refractivity contribution in [3.63, 3.8) is 0 Å². The minimum absolute atomic E-state index is 0.368. The first-order valence-electron chi connectivity index (χ1n) is 7.93. The molecule has 0 unspecified atom stereocenters. The van der Waals surface area contributed by atoms with Gasteiger partial charge in [-0.15, -0.1) is 0 Å². The number of pyridine rings is 1. The summed E-state index contributed by atoms with van der Waals surface area (Å²) in [5.74, 6) is 0. The average Bonchev–Trinajstić information content (AvgIpc) is 2.54. The number of anilines is 1. The number of aryl methyl sites for hydroxylation is 1. The van der Waals surface area contributed by atoms with E-state index in [4.69, 9.17) is 0 Å². The monoisotopic (exact) mass is 339 g/mol. The summed E-state index contributed by atoms with van der Waals surface area (Å²) < 4.78 is 37.4. The van der Waals surface area contributed by atoms with Gasteiger partial charge in [-0.25, -0.2) is 0 Å². The van der Waals surface area contributed by atoms with Gasteiger partial charge in [-0.05, 0) is 19.1 Å². The zero-order valence-electron chi connectivity index (χ0n) is 13.4. The van der Waals surface area contributed by atoms with Gasteiger partial charge in [0.25, 0.3) is 0 Å². The molecule has 7 heteroatoms. The quantitative estimate of drug-likeness (QED) is 0.933. The summed E-state index contributed by atoms with van der Waals surface area (Å²) in [5.41, 5.74) is 2.90. The van der Waals surface area contributed by atoms with Crippen molar-refractivity contribution in [3.8, 4) is 0 Å². The first kappa shape index (κ1) is 17.0. The average molecular weight is 339 g/mol. The van der Waals surface area contributed by atoms with Crippen molar-refractivity contribution in [2.75, 3.05) is 37.6 Å². The molecule has 1 atom stereocenters. The Labute approximate surface area is 138 Å². The third kappa shape index (κ3) is 3.62. The molecule has 0 amide bonds. The Morgan fingerprint density at radius 2 is 1.83 bits per heavy atom. The van der Waals surface area contributed by atoms with Crippen LogP contribution in [0.4, 0.5) is 18.9 Å². The maximum Gasteiger partial charge on any atom is 0.415 e. The van der Waals surface area contributed by atoms with Gasteiger partial charge in [0, 0.05) is 49.5 Å². The number of rotatable bonds is 3. The number of halogens is 3. The van der Waals surface area contributed by atoms with Crippen LogP contribution in [-0.2, 0) is 0 Å². The van der Waals surface area contributed by atoms with Crippen molar-refractivity contribution >= 4 is 16.6 Å². The van der Waals surface area contributed by atoms with E-state index in [9.17, 15) is 18.3 Å². The number of hydrogen-bond donors (Lipinski definition) is 1. The van der Waals surface area contributed by atoms with E-state index in [-0.39, 0.29) is 6.54 Å². The Kier molecular flexibility index (Phi) is 4.64. The van der Waals surface area contributed by atoms with Gasteiger partial charge in [-0.1, -0.05) is 18.2 Å². The van der Waals surface area contributed by atoms with E-state index >= 15 is 0 Å². The fourth-order valence-corrected chi connectivity index (χ4v) is 3.07. The second-order valence-corrected chi connectivity index (χ2v) is 6.14. The predicted octanol–water partition coefficient (Wildman–Crippen LogP) is 2.59. The summed E-state index contributed by atoms with van der Waals surface area (Å²) in [6.45, 7) is 3.79. The Morgan fingerprint density at radius 1 is 1.17 bits per heavy atom. The lowest BCUT2D eigenvalue weighted by Crippen LogP contribution is -2.50. The number of β-amino-alcohol motifs (C(OH)–C–C–N with tert-alkyl or cyclic N) is 1. The fraction of sp³-hybridized carbons (Fsp3) is 0.471. The molecule has 3 rings (SSSR count). The number of hydrogen-bond acceptors (Lipinski definition) is 4. The maximum atomic E-state index is 12.5. The van der Waals surface area contributed by atoms with E-state index in [1.54, 1.807) is 4.90 Å². The molecular formula is C17H20F3N3O. The maximum absolute atomic E-state index is 12.5. The van der Waals surface area contributed by atoms with Crippen LogP contribution in [0.2, 0.25) is 0 Å². The minimum atomic E-state index is -4.56. The summed E-state index contributed by atoms with van der Waals surface area (Å²) in [7, 11) is 0. The number of benzene rings is 1. The van der Waals surface area contributed by atoms with Gasteiger partial charge in [0.2, 0.25) is 0 Å². The lowest BCUT2D eigenvalue weighted by Gasteiger charge is -2.37. The van der Waals surface area contributed by atoms with Crippen LogP contribution in [0.25, 0.3) is 10.9 Å². The van der Waals surface area contributed by atoms with Crippen molar-refractivity contribution in [2.24, 2.45) is 0 Å². The number of piperazine rings is 1. The highest BCUT2D eigenvalue weighted by atomic mass is 19.4. The molecule has 1 aliphatic heterocycles. The summed E-state index contributed by atoms with van der Waals surface area (Å²) in [4.78, 5) is 8.35. The van der Waals surface area contributed by atoms with Gasteiger partial charge >= 0.3 is 6.18 Å². The van der Waals surface area contributed by atoms with Crippen molar-refractivity contribution in [1.29, 1.82) is 0 Å². The molecule has 2 heterocycles. The van der Waals surface area contributed by atoms with Crippen LogP contribution in [0.15, 0.2) is 30.3 Å². The van der Waals surface area contributed by atoms with Gasteiger partial charge in [0.15, 0.2) is 6.10 Å². The van der Waals surface area contributed by atoms with E-state index < -0.39 is 12.3 Å². The number of aromatic nitrogens is 1. The number of aliphatic hydroxyl groups excluding tert-OH is 1. The minimum Gasteiger partial charge on any atom is -0.382 e. The first-order chi connectivity index (χ1) is 11.3. The molecule has 4 nitrogen and oxygen atoms in total. The number of aliphatic hydroxyl groups is 1. The first-order valence-corrected chi connectivity index (χ1v) is 7.93. The Bertz CT molecular complexity index is 712. The SMILES string of the molecule is Cc1cc(N2CCN(C[C@@H](O)C(F)(F)F)CC2)c2ccccc2n1. The van der Waals surface area contributed by atoms with Gasteiger partial charge in [-0.3, -0.25) is 9.88 Å². The zero-order valence-corrected chi connectivity index (χ0v) is 13.4. The summed E-state index contributed by atoms with van der Waals surface area (Å²) in [6.07, 6.45) is -6.84. The number of alkyl halides is 3. The highest BCUT2D eigenvalue weighted by Gasteiger charge is 2.39. The zero-order chi connectivity index (χ0) is 17.3. The predicted molar refractivity (Wildman–Crippen MR) is 87.2 cm³/mol. The second kappa shape index (κ2) is 6.57. The topological polar surface area (TPSA) is 39.6 Å². The van der Waals surface area contributed by atoms with E-state index in [0.717, 1.165) is 22.3 Å². The number of nitrogens with zero attached hydrogens (tertiary/aromatic N) is 3. The second-order valence-electron chi connectivity index (χ2n) is 6.14. The smallest absolute Gasteiger partial charge is 0.382 e. The summed E-state index contributed by atoms with van der Waals surface area (Å²) in [5, 5.41) is 10.3. The third-order valence-electron chi connectivity index (χ3n) is 4.34. The normalized spacial score (nSPS) is 18.1. The van der Waals surface area contributed by atoms with Crippen molar-refractivity contribution in [1.82, 2.24) is 9.88 Å². The van der Waals surface area contributed by atoms with Gasteiger partial charge in [0.1, 0.15) is 0 Å². The summed E-state index contributed by atoms with van der Waals surface area (Å²) >= 11 is 0. The van der Waals surface area contributed by atoms with Crippen LogP contribution in [0.3, 0.4) is 0 Å². The van der Waals surface area contributed by atoms with Gasteiger partial charge < -0.3 is 10.0 Å². The molecule has 1 aliphatic rings. The number of fused-ring (bicyclic) bond motifs is 1. The van der Waals surface area contributed by atoms with E-state index in [0.29, 0.717) is 26.2 Å². The molecule has 0 spiro atoms. The van der Waals surface area contributed by atoms with Gasteiger partial charge in [0.05, 0.1) is 5.52 Å². The highest BCUT2D eigenvalue weighted by Crippen LogP contribution is 2.28. The molecule has 0 aliphatic carbocycles. The molecule has 0 bridgehead atoms. The van der Waals surface area contributed by atoms with Crippen LogP contribution in [0.1, 0.15) is 5.69 Å². The molecule has 1 fully saturated rings. The molecule has 1 aromatic carbocycles. The van der Waals surface area contributed by atoms with Crippen LogP contribution in [0, 0.1) is 6.92 Å². The molecule has 1 saturated heterocycles. The van der Waals surface area contributed by atoms with E-state index in [1.165, 1.54) is 0 Å². The van der Waals surface area contributed by atoms with Crippen LogP contribution >= 0.6 is 0 Å². The molecule has 24 heavy (non-hydrogen) atoms. The van der Waals surface area contributed by atoms with Crippen molar-refractivity contribution in [2.45, 2.75) is 19.2 Å². The molecule has 1 aromatic heterocycles. The fourth-order valence-electron chi connectivity index (χ4n) is 3.07. The molecule has 0 radical (unpaired) electrons. The number of para-hydroxylation sites is 1. The van der Waals surface area contributed by atoms with Crippen LogP contribution in [-0.4, -0.2) is 60.0 Å². The standard InChI is InChI=1S/C17H20F3N3O/c1-12-10-15(13-4-2-3-5-14(13)21-12)23-8-6-22(7-9-23)11-16(24)17(18,19)20/h2-5,10,16,24H,6-9,11H2,1H3/t16-/m1/s1. The lowest BCUT2D eigenvalue weighted by molar-refractivity contribution is -0.208. The van der Waals surface area contributed by atoms with Gasteiger partial charge in [-0.2, -0.15) is 13.2 Å².